The molecule has 1 heterocycles. The molecular formula is C10H12N6O. The fourth-order valence-corrected chi connectivity index (χ4v) is 1.43. The van der Waals surface area contributed by atoms with Crippen molar-refractivity contribution in [2.24, 2.45) is 0 Å². The Morgan fingerprint density at radius 2 is 2.35 bits per heavy atom. The SMILES string of the molecule is CC(=O)c1ccc(NCc2nn[nH]n2)cc1N. The normalized spacial score (nSPS) is 10.2. The number of Topliss-reactive ketones (excluding diaryl/α,β-unsaturated/α-hetero) is 1. The molecule has 0 aliphatic heterocycles. The van der Waals surface area contributed by atoms with Gasteiger partial charge in [-0.2, -0.15) is 5.21 Å². The van der Waals surface area contributed by atoms with Crippen molar-refractivity contribution in [1.82, 2.24) is 20.6 Å². The second-order valence-corrected chi connectivity index (χ2v) is 3.54. The average molecular weight is 232 g/mol. The summed E-state index contributed by atoms with van der Waals surface area (Å²) in [4.78, 5) is 11.2. The van der Waals surface area contributed by atoms with E-state index in [0.29, 0.717) is 23.6 Å². The average Bonchev–Trinajstić information content (AvgIpc) is 2.78. The first-order valence-electron chi connectivity index (χ1n) is 5.03. The zero-order chi connectivity index (χ0) is 12.3. The summed E-state index contributed by atoms with van der Waals surface area (Å²) >= 11 is 0. The maximum atomic E-state index is 11.2. The number of aromatic nitrogens is 4. The van der Waals surface area contributed by atoms with Crippen molar-refractivity contribution in [1.29, 1.82) is 0 Å². The predicted octanol–water partition coefficient (Wildman–Crippen LogP) is 0.597. The number of aromatic amines is 1. The van der Waals surface area contributed by atoms with Gasteiger partial charge in [-0.1, -0.05) is 5.21 Å². The third kappa shape index (κ3) is 2.57. The van der Waals surface area contributed by atoms with Crippen LogP contribution in [0.1, 0.15) is 23.1 Å². The zero-order valence-electron chi connectivity index (χ0n) is 9.27. The number of benzene rings is 1. The van der Waals surface area contributed by atoms with Gasteiger partial charge in [0.25, 0.3) is 0 Å². The number of ketones is 1. The van der Waals surface area contributed by atoms with Crippen molar-refractivity contribution in [3.8, 4) is 0 Å². The Morgan fingerprint density at radius 1 is 1.53 bits per heavy atom. The first-order valence-corrected chi connectivity index (χ1v) is 5.03. The van der Waals surface area contributed by atoms with E-state index < -0.39 is 0 Å². The van der Waals surface area contributed by atoms with Gasteiger partial charge in [0.05, 0.1) is 6.54 Å². The summed E-state index contributed by atoms with van der Waals surface area (Å²) in [5, 5.41) is 16.5. The third-order valence-corrected chi connectivity index (χ3v) is 2.27. The van der Waals surface area contributed by atoms with Crippen LogP contribution in [0.3, 0.4) is 0 Å². The van der Waals surface area contributed by atoms with Crippen molar-refractivity contribution in [3.05, 3.63) is 29.6 Å². The van der Waals surface area contributed by atoms with E-state index in [2.05, 4.69) is 25.9 Å². The van der Waals surface area contributed by atoms with Crippen molar-refractivity contribution in [3.63, 3.8) is 0 Å². The molecule has 88 valence electrons. The number of nitrogens with two attached hydrogens (primary N) is 1. The highest BCUT2D eigenvalue weighted by Gasteiger charge is 2.05. The quantitative estimate of drug-likeness (QED) is 0.526. The van der Waals surface area contributed by atoms with Crippen LogP contribution in [0.2, 0.25) is 0 Å². The van der Waals surface area contributed by atoms with Gasteiger partial charge in [0.1, 0.15) is 0 Å². The van der Waals surface area contributed by atoms with Gasteiger partial charge in [0.2, 0.25) is 0 Å². The topological polar surface area (TPSA) is 110 Å². The number of rotatable bonds is 4. The van der Waals surface area contributed by atoms with Gasteiger partial charge in [-0.15, -0.1) is 10.2 Å². The number of carbonyl (C=O) groups excluding carboxylic acids is 1. The van der Waals surface area contributed by atoms with Crippen LogP contribution in [0, 0.1) is 0 Å². The first kappa shape index (κ1) is 11.1. The van der Waals surface area contributed by atoms with Crippen LogP contribution in [0.5, 0.6) is 0 Å². The molecule has 0 aliphatic rings. The van der Waals surface area contributed by atoms with Crippen molar-refractivity contribution >= 4 is 17.2 Å². The molecule has 0 saturated carbocycles. The molecule has 2 aromatic rings. The summed E-state index contributed by atoms with van der Waals surface area (Å²) in [7, 11) is 0. The van der Waals surface area contributed by atoms with E-state index >= 15 is 0 Å². The van der Waals surface area contributed by atoms with E-state index in [4.69, 9.17) is 5.73 Å². The van der Waals surface area contributed by atoms with Crippen LogP contribution in [0.4, 0.5) is 11.4 Å². The molecule has 0 saturated heterocycles. The standard InChI is InChI=1S/C10H12N6O/c1-6(17)8-3-2-7(4-9(8)11)12-5-10-13-15-16-14-10/h2-4,12H,5,11H2,1H3,(H,13,14,15,16). The number of H-pyrrole nitrogens is 1. The molecule has 4 N–H and O–H groups in total. The summed E-state index contributed by atoms with van der Waals surface area (Å²) in [6.07, 6.45) is 0. The second kappa shape index (κ2) is 4.60. The molecule has 7 nitrogen and oxygen atoms in total. The van der Waals surface area contributed by atoms with Crippen LogP contribution < -0.4 is 11.1 Å². The Kier molecular flexibility index (Phi) is 2.99. The Labute approximate surface area is 97.4 Å². The van der Waals surface area contributed by atoms with E-state index in [9.17, 15) is 4.79 Å². The lowest BCUT2D eigenvalue weighted by Crippen LogP contribution is -2.04. The highest BCUT2D eigenvalue weighted by Crippen LogP contribution is 2.18. The number of anilines is 2. The molecule has 0 fully saturated rings. The molecule has 0 atom stereocenters. The van der Waals surface area contributed by atoms with Gasteiger partial charge < -0.3 is 11.1 Å². The lowest BCUT2D eigenvalue weighted by molar-refractivity contribution is 0.101. The van der Waals surface area contributed by atoms with Gasteiger partial charge in [0, 0.05) is 16.9 Å². The van der Waals surface area contributed by atoms with Crippen LogP contribution in [0.15, 0.2) is 18.2 Å². The van der Waals surface area contributed by atoms with Gasteiger partial charge in [-0.05, 0) is 25.1 Å². The highest BCUT2D eigenvalue weighted by atomic mass is 16.1. The molecule has 0 radical (unpaired) electrons. The van der Waals surface area contributed by atoms with Crippen LogP contribution in [-0.4, -0.2) is 26.4 Å². The van der Waals surface area contributed by atoms with Crippen molar-refractivity contribution < 1.29 is 4.79 Å². The molecule has 0 spiro atoms. The summed E-state index contributed by atoms with van der Waals surface area (Å²) in [5.74, 6) is 0.506. The molecule has 7 heteroatoms. The molecule has 0 bridgehead atoms. The Morgan fingerprint density at radius 3 is 2.94 bits per heavy atom. The number of hydrogen-bond acceptors (Lipinski definition) is 6. The molecule has 0 unspecified atom stereocenters. The summed E-state index contributed by atoms with van der Waals surface area (Å²) < 4.78 is 0. The number of hydrogen-bond donors (Lipinski definition) is 3. The van der Waals surface area contributed by atoms with E-state index in [1.165, 1.54) is 6.92 Å². The van der Waals surface area contributed by atoms with E-state index in [0.717, 1.165) is 5.69 Å². The molecular weight excluding hydrogens is 220 g/mol. The lowest BCUT2D eigenvalue weighted by atomic mass is 10.1. The predicted molar refractivity (Wildman–Crippen MR) is 62.4 cm³/mol. The maximum Gasteiger partial charge on any atom is 0.193 e. The number of tetrazole rings is 1. The fraction of sp³-hybridized carbons (Fsp3) is 0.200. The number of nitrogens with zero attached hydrogens (tertiary/aromatic N) is 3. The number of nitrogens with one attached hydrogen (secondary N) is 2. The number of nitrogen functional groups attached to an aromatic ring is 1. The van der Waals surface area contributed by atoms with Gasteiger partial charge >= 0.3 is 0 Å². The number of carbonyl (C=O) groups is 1. The highest BCUT2D eigenvalue weighted by molar-refractivity contribution is 5.99. The monoisotopic (exact) mass is 232 g/mol. The minimum atomic E-state index is -0.0489. The Balaban J connectivity index is 2.07. The first-order chi connectivity index (χ1) is 8.16. The molecule has 1 aromatic heterocycles. The molecule has 0 aliphatic carbocycles. The summed E-state index contributed by atoms with van der Waals surface area (Å²) in [5.41, 5.74) is 7.54. The largest absolute Gasteiger partial charge is 0.398 e. The van der Waals surface area contributed by atoms with Crippen LogP contribution in [0.25, 0.3) is 0 Å². The molecule has 17 heavy (non-hydrogen) atoms. The van der Waals surface area contributed by atoms with Crippen LogP contribution in [-0.2, 0) is 6.54 Å². The Bertz CT molecular complexity index is 522. The summed E-state index contributed by atoms with van der Waals surface area (Å²) in [6.45, 7) is 1.92. The maximum absolute atomic E-state index is 11.2. The zero-order valence-corrected chi connectivity index (χ0v) is 9.27. The molecule has 0 amide bonds. The van der Waals surface area contributed by atoms with E-state index in [-0.39, 0.29) is 5.78 Å². The van der Waals surface area contributed by atoms with Crippen molar-refractivity contribution in [2.45, 2.75) is 13.5 Å². The van der Waals surface area contributed by atoms with Gasteiger partial charge in [-0.25, -0.2) is 0 Å². The summed E-state index contributed by atoms with van der Waals surface area (Å²) in [6, 6.07) is 5.18. The van der Waals surface area contributed by atoms with E-state index in [1.54, 1.807) is 18.2 Å². The molecule has 2 rings (SSSR count). The smallest absolute Gasteiger partial charge is 0.193 e. The van der Waals surface area contributed by atoms with Gasteiger partial charge in [-0.3, -0.25) is 4.79 Å². The van der Waals surface area contributed by atoms with Gasteiger partial charge in [0.15, 0.2) is 11.6 Å². The Hall–Kier alpha value is -2.44. The second-order valence-electron chi connectivity index (χ2n) is 3.54. The van der Waals surface area contributed by atoms with Crippen LogP contribution >= 0.6 is 0 Å². The minimum Gasteiger partial charge on any atom is -0.398 e. The van der Waals surface area contributed by atoms with Crippen molar-refractivity contribution in [2.75, 3.05) is 11.1 Å². The third-order valence-electron chi connectivity index (χ3n) is 2.27. The lowest BCUT2D eigenvalue weighted by Gasteiger charge is -2.07. The van der Waals surface area contributed by atoms with E-state index in [1.807, 2.05) is 0 Å². The minimum absolute atomic E-state index is 0.0489. The molecule has 1 aromatic carbocycles. The fourth-order valence-electron chi connectivity index (χ4n) is 1.43.